The lowest BCUT2D eigenvalue weighted by molar-refractivity contribution is 0.158. The fraction of sp³-hybridized carbons (Fsp3) is 0.571. The maximum atomic E-state index is 5.36. The second-order valence-corrected chi connectivity index (χ2v) is 2.37. The minimum Gasteiger partial charge on any atom is -0.372 e. The summed E-state index contributed by atoms with van der Waals surface area (Å²) in [5.41, 5.74) is 3.01. The molecule has 0 aromatic heterocycles. The molecule has 11 heavy (non-hydrogen) atoms. The lowest BCUT2D eigenvalue weighted by Crippen LogP contribution is -2.23. The van der Waals surface area contributed by atoms with E-state index >= 15 is 0 Å². The lowest BCUT2D eigenvalue weighted by Gasteiger charge is -2.07. The number of hydrogen-bond donors (Lipinski definition) is 2. The number of nitrogens with one attached hydrogen (secondary N) is 1. The average Bonchev–Trinajstić information content (AvgIpc) is 2.52. The fourth-order valence-corrected chi connectivity index (χ4v) is 1.13. The molecule has 1 unspecified atom stereocenters. The molecule has 1 heterocycles. The zero-order valence-electron chi connectivity index (χ0n) is 6.42. The van der Waals surface area contributed by atoms with Crippen LogP contribution < -0.4 is 11.4 Å². The van der Waals surface area contributed by atoms with Crippen molar-refractivity contribution in [3.8, 4) is 0 Å². The summed E-state index contributed by atoms with van der Waals surface area (Å²) in [4.78, 5) is 0. The summed E-state index contributed by atoms with van der Waals surface area (Å²) >= 11 is 0. The van der Waals surface area contributed by atoms with Crippen LogP contribution in [0.2, 0.25) is 0 Å². The first-order chi connectivity index (χ1) is 5.38. The summed E-state index contributed by atoms with van der Waals surface area (Å²) in [6.45, 7) is 4.43. The normalized spacial score (nSPS) is 25.2. The van der Waals surface area contributed by atoms with Crippen LogP contribution >= 0.6 is 0 Å². The standard InChI is InChI=1S/C7H13N3O/c1-2-6(9-10-8)7-4-3-5-11-7/h2,7,10H,1,3-5,8H2/b9-6+. The molecular formula is C7H13N3O. The molecule has 0 radical (unpaired) electrons. The summed E-state index contributed by atoms with van der Waals surface area (Å²) < 4.78 is 5.36. The van der Waals surface area contributed by atoms with E-state index in [1.807, 2.05) is 0 Å². The third-order valence-corrected chi connectivity index (χ3v) is 1.66. The van der Waals surface area contributed by atoms with Gasteiger partial charge in [0.1, 0.15) is 6.10 Å². The van der Waals surface area contributed by atoms with Crippen molar-refractivity contribution in [2.24, 2.45) is 10.9 Å². The van der Waals surface area contributed by atoms with E-state index in [0.717, 1.165) is 25.2 Å². The molecule has 62 valence electrons. The van der Waals surface area contributed by atoms with Gasteiger partial charge in [-0.05, 0) is 18.9 Å². The summed E-state index contributed by atoms with van der Waals surface area (Å²) in [7, 11) is 0. The zero-order chi connectivity index (χ0) is 8.10. The lowest BCUT2D eigenvalue weighted by atomic mass is 10.1. The van der Waals surface area contributed by atoms with Crippen LogP contribution in [0.25, 0.3) is 0 Å². The molecule has 4 nitrogen and oxygen atoms in total. The number of ether oxygens (including phenoxy) is 1. The molecular weight excluding hydrogens is 142 g/mol. The Morgan fingerprint density at radius 3 is 3.09 bits per heavy atom. The summed E-state index contributed by atoms with van der Waals surface area (Å²) in [5, 5.41) is 3.83. The molecule has 0 saturated carbocycles. The Bertz CT molecular complexity index is 161. The highest BCUT2D eigenvalue weighted by Gasteiger charge is 2.19. The highest BCUT2D eigenvalue weighted by molar-refractivity contribution is 5.98. The number of rotatable bonds is 3. The van der Waals surface area contributed by atoms with Crippen molar-refractivity contribution in [1.29, 1.82) is 0 Å². The van der Waals surface area contributed by atoms with E-state index in [0.29, 0.717) is 0 Å². The van der Waals surface area contributed by atoms with E-state index in [-0.39, 0.29) is 6.10 Å². The van der Waals surface area contributed by atoms with Gasteiger partial charge in [0.05, 0.1) is 5.71 Å². The summed E-state index contributed by atoms with van der Waals surface area (Å²) in [6.07, 6.45) is 3.84. The molecule has 1 atom stereocenters. The molecule has 0 aromatic rings. The Labute approximate surface area is 66.1 Å². The van der Waals surface area contributed by atoms with Crippen molar-refractivity contribution in [3.63, 3.8) is 0 Å². The molecule has 4 heteroatoms. The van der Waals surface area contributed by atoms with Crippen molar-refractivity contribution >= 4 is 5.71 Å². The van der Waals surface area contributed by atoms with Crippen molar-refractivity contribution in [3.05, 3.63) is 12.7 Å². The molecule has 1 rings (SSSR count). The fourth-order valence-electron chi connectivity index (χ4n) is 1.13. The minimum absolute atomic E-state index is 0.0866. The third-order valence-electron chi connectivity index (χ3n) is 1.66. The predicted octanol–water partition coefficient (Wildman–Crippen LogP) is 0.171. The van der Waals surface area contributed by atoms with Crippen LogP contribution in [-0.4, -0.2) is 18.4 Å². The minimum atomic E-state index is 0.0866. The third kappa shape index (κ3) is 2.03. The number of hydrogen-bond acceptors (Lipinski definition) is 4. The quantitative estimate of drug-likeness (QED) is 0.347. The molecule has 0 spiro atoms. The van der Waals surface area contributed by atoms with Crippen LogP contribution in [0.15, 0.2) is 17.8 Å². The van der Waals surface area contributed by atoms with Gasteiger partial charge in [0.25, 0.3) is 0 Å². The maximum absolute atomic E-state index is 5.36. The Morgan fingerprint density at radius 2 is 2.64 bits per heavy atom. The monoisotopic (exact) mass is 155 g/mol. The Balaban J connectivity index is 2.53. The molecule has 3 N–H and O–H groups in total. The van der Waals surface area contributed by atoms with Crippen molar-refractivity contribution < 1.29 is 4.74 Å². The van der Waals surface area contributed by atoms with Gasteiger partial charge in [-0.25, -0.2) is 11.4 Å². The zero-order valence-corrected chi connectivity index (χ0v) is 6.42. The van der Waals surface area contributed by atoms with E-state index in [9.17, 15) is 0 Å². The first-order valence-corrected chi connectivity index (χ1v) is 3.65. The van der Waals surface area contributed by atoms with Crippen LogP contribution in [0.5, 0.6) is 0 Å². The van der Waals surface area contributed by atoms with Gasteiger partial charge in [-0.3, -0.25) is 0 Å². The van der Waals surface area contributed by atoms with Gasteiger partial charge in [0.2, 0.25) is 0 Å². The van der Waals surface area contributed by atoms with Gasteiger partial charge in [0.15, 0.2) is 0 Å². The second-order valence-electron chi connectivity index (χ2n) is 2.37. The molecule has 0 bridgehead atoms. The number of nitrogens with zero attached hydrogens (tertiary/aromatic N) is 1. The predicted molar refractivity (Wildman–Crippen MR) is 43.9 cm³/mol. The van der Waals surface area contributed by atoms with Crippen molar-refractivity contribution in [1.82, 2.24) is 5.53 Å². The van der Waals surface area contributed by atoms with E-state index < -0.39 is 0 Å². The summed E-state index contributed by atoms with van der Waals surface area (Å²) in [6, 6.07) is 0. The van der Waals surface area contributed by atoms with Gasteiger partial charge in [0, 0.05) is 6.61 Å². The van der Waals surface area contributed by atoms with Crippen molar-refractivity contribution in [2.45, 2.75) is 18.9 Å². The topological polar surface area (TPSA) is 59.6 Å². The molecule has 1 fully saturated rings. The van der Waals surface area contributed by atoms with E-state index in [1.165, 1.54) is 0 Å². The van der Waals surface area contributed by atoms with Crippen LogP contribution in [0.4, 0.5) is 0 Å². The van der Waals surface area contributed by atoms with Crippen LogP contribution in [0.1, 0.15) is 12.8 Å². The average molecular weight is 155 g/mol. The molecule has 0 aliphatic carbocycles. The number of nitrogens with two attached hydrogens (primary N) is 1. The number of hydrazine groups is 1. The highest BCUT2D eigenvalue weighted by atomic mass is 16.5. The van der Waals surface area contributed by atoms with E-state index in [1.54, 1.807) is 6.08 Å². The smallest absolute Gasteiger partial charge is 0.101 e. The Morgan fingerprint density at radius 1 is 1.82 bits per heavy atom. The first-order valence-electron chi connectivity index (χ1n) is 3.65. The van der Waals surface area contributed by atoms with E-state index in [4.69, 9.17) is 10.6 Å². The Hall–Kier alpha value is -0.870. The van der Waals surface area contributed by atoms with Gasteiger partial charge in [-0.15, -0.1) is 0 Å². The maximum Gasteiger partial charge on any atom is 0.101 e. The molecule has 0 aromatic carbocycles. The molecule has 0 amide bonds. The molecule has 1 saturated heterocycles. The van der Waals surface area contributed by atoms with Crippen LogP contribution in [0.3, 0.4) is 0 Å². The number of hydrazone groups is 1. The molecule has 1 aliphatic heterocycles. The molecule has 1 aliphatic rings. The summed E-state index contributed by atoms with van der Waals surface area (Å²) in [5.74, 6) is 5.03. The van der Waals surface area contributed by atoms with Crippen molar-refractivity contribution in [2.75, 3.05) is 6.61 Å². The van der Waals surface area contributed by atoms with Gasteiger partial charge in [-0.2, -0.15) is 5.10 Å². The largest absolute Gasteiger partial charge is 0.372 e. The van der Waals surface area contributed by atoms with Gasteiger partial charge in [-0.1, -0.05) is 6.58 Å². The van der Waals surface area contributed by atoms with Crippen LogP contribution in [-0.2, 0) is 4.74 Å². The SMILES string of the molecule is C=C/C(=N\NN)C1CCCO1. The Kier molecular flexibility index (Phi) is 3.07. The van der Waals surface area contributed by atoms with Gasteiger partial charge >= 0.3 is 0 Å². The second kappa shape index (κ2) is 4.10. The van der Waals surface area contributed by atoms with Gasteiger partial charge < -0.3 is 4.74 Å². The van der Waals surface area contributed by atoms with Crippen LogP contribution in [0, 0.1) is 0 Å². The van der Waals surface area contributed by atoms with E-state index in [2.05, 4.69) is 17.2 Å². The highest BCUT2D eigenvalue weighted by Crippen LogP contribution is 2.13. The first kappa shape index (κ1) is 8.23.